The fourth-order valence-electron chi connectivity index (χ4n) is 2.73. The number of carbonyl (C=O) groups excluding carboxylic acids is 2. The molecule has 0 aromatic heterocycles. The summed E-state index contributed by atoms with van der Waals surface area (Å²) in [6, 6.07) is 11.3. The number of carbonyl (C=O) groups is 2. The molecular formula is C18H14ClF2NO3S. The van der Waals surface area contributed by atoms with Crippen LogP contribution >= 0.6 is 23.4 Å². The number of esters is 1. The molecule has 1 heterocycles. The molecule has 0 radical (unpaired) electrons. The zero-order chi connectivity index (χ0) is 18.9. The molecule has 26 heavy (non-hydrogen) atoms. The smallest absolute Gasteiger partial charge is 0.339 e. The number of ether oxygens (including phenoxy) is 1. The lowest BCUT2D eigenvalue weighted by Crippen LogP contribution is -2.49. The molecule has 2 aromatic carbocycles. The average molecular weight is 398 g/mol. The lowest BCUT2D eigenvalue weighted by atomic mass is 9.89. The van der Waals surface area contributed by atoms with Crippen molar-refractivity contribution in [2.45, 2.75) is 29.6 Å². The quantitative estimate of drug-likeness (QED) is 0.596. The van der Waals surface area contributed by atoms with E-state index in [1.807, 2.05) is 0 Å². The highest BCUT2D eigenvalue weighted by atomic mass is 35.5. The van der Waals surface area contributed by atoms with Crippen molar-refractivity contribution in [2.24, 2.45) is 0 Å². The number of rotatable bonds is 4. The third kappa shape index (κ3) is 3.68. The van der Waals surface area contributed by atoms with E-state index in [1.165, 1.54) is 25.1 Å². The Morgan fingerprint density at radius 2 is 2.00 bits per heavy atom. The molecule has 1 atom stereocenters. The topological polar surface area (TPSA) is 55.4 Å². The van der Waals surface area contributed by atoms with Crippen molar-refractivity contribution >= 4 is 40.9 Å². The number of fused-ring (bicyclic) bond motifs is 1. The second-order valence-electron chi connectivity index (χ2n) is 5.90. The highest BCUT2D eigenvalue weighted by molar-refractivity contribution is 7.99. The molecule has 136 valence electrons. The fraction of sp³-hybridized carbons (Fsp3) is 0.222. The van der Waals surface area contributed by atoms with Crippen LogP contribution in [0.5, 0.6) is 0 Å². The first-order valence-electron chi connectivity index (χ1n) is 7.66. The standard InChI is InChI=1S/C18H14ClF2NO3S/c1-18(9-10-5-2-3-6-11(10)15(23)25-18)16(24)22-13-8-4-7-12(19)14(13)26-17(20)21/h2-8,17H,9H2,1H3,(H,22,24). The van der Waals surface area contributed by atoms with Gasteiger partial charge in [0, 0.05) is 6.42 Å². The molecule has 3 rings (SSSR count). The van der Waals surface area contributed by atoms with Gasteiger partial charge >= 0.3 is 5.97 Å². The maximum absolute atomic E-state index is 12.8. The number of benzene rings is 2. The summed E-state index contributed by atoms with van der Waals surface area (Å²) >= 11 is 6.22. The van der Waals surface area contributed by atoms with Gasteiger partial charge in [-0.25, -0.2) is 4.79 Å². The van der Waals surface area contributed by atoms with Crippen molar-refractivity contribution in [3.8, 4) is 0 Å². The number of thioether (sulfide) groups is 1. The van der Waals surface area contributed by atoms with Gasteiger partial charge in [-0.3, -0.25) is 4.79 Å². The molecule has 8 heteroatoms. The number of amides is 1. The number of nitrogens with one attached hydrogen (secondary N) is 1. The van der Waals surface area contributed by atoms with E-state index in [0.717, 1.165) is 0 Å². The van der Waals surface area contributed by atoms with Gasteiger partial charge in [-0.1, -0.05) is 47.6 Å². The molecule has 0 fully saturated rings. The van der Waals surface area contributed by atoms with Crippen molar-refractivity contribution in [1.29, 1.82) is 0 Å². The first-order chi connectivity index (χ1) is 12.3. The van der Waals surface area contributed by atoms with Crippen LogP contribution in [0.1, 0.15) is 22.8 Å². The largest absolute Gasteiger partial charge is 0.445 e. The molecule has 4 nitrogen and oxygen atoms in total. The Kier molecular flexibility index (Phi) is 5.20. The van der Waals surface area contributed by atoms with E-state index in [1.54, 1.807) is 24.3 Å². The van der Waals surface area contributed by atoms with Crippen molar-refractivity contribution in [3.05, 3.63) is 58.6 Å². The Hall–Kier alpha value is -2.12. The Labute approximate surface area is 157 Å². The number of cyclic esters (lactones) is 1. The van der Waals surface area contributed by atoms with Gasteiger partial charge in [0.25, 0.3) is 11.7 Å². The van der Waals surface area contributed by atoms with Crippen molar-refractivity contribution in [3.63, 3.8) is 0 Å². The minimum Gasteiger partial charge on any atom is -0.445 e. The van der Waals surface area contributed by atoms with Gasteiger partial charge in [0.1, 0.15) is 0 Å². The van der Waals surface area contributed by atoms with Crippen molar-refractivity contribution < 1.29 is 23.1 Å². The average Bonchev–Trinajstić information content (AvgIpc) is 2.57. The number of alkyl halides is 2. The predicted octanol–water partition coefficient (Wildman–Crippen LogP) is 4.77. The summed E-state index contributed by atoms with van der Waals surface area (Å²) in [7, 11) is 0. The van der Waals surface area contributed by atoms with E-state index in [4.69, 9.17) is 16.3 Å². The highest BCUT2D eigenvalue weighted by Crippen LogP contribution is 2.38. The molecule has 1 aliphatic heterocycles. The minimum atomic E-state index is -2.69. The van der Waals surface area contributed by atoms with Crippen molar-refractivity contribution in [1.82, 2.24) is 0 Å². The van der Waals surface area contributed by atoms with Gasteiger partial charge in [-0.2, -0.15) is 8.78 Å². The summed E-state index contributed by atoms with van der Waals surface area (Å²) in [5, 5.41) is 2.66. The monoisotopic (exact) mass is 397 g/mol. The van der Waals surface area contributed by atoms with Crippen LogP contribution in [-0.4, -0.2) is 23.2 Å². The Balaban J connectivity index is 1.87. The molecule has 2 aromatic rings. The third-order valence-corrected chi connectivity index (χ3v) is 5.27. The van der Waals surface area contributed by atoms with Gasteiger partial charge in [0.15, 0.2) is 5.60 Å². The molecule has 1 amide bonds. The van der Waals surface area contributed by atoms with Crippen LogP contribution in [0.25, 0.3) is 0 Å². The second kappa shape index (κ2) is 7.25. The first kappa shape index (κ1) is 18.7. The zero-order valence-electron chi connectivity index (χ0n) is 13.6. The molecule has 1 N–H and O–H groups in total. The molecule has 0 bridgehead atoms. The maximum atomic E-state index is 12.8. The van der Waals surface area contributed by atoms with Crippen LogP contribution in [0, 0.1) is 0 Å². The molecule has 0 saturated heterocycles. The molecule has 0 saturated carbocycles. The Morgan fingerprint density at radius 1 is 1.27 bits per heavy atom. The lowest BCUT2D eigenvalue weighted by molar-refractivity contribution is -0.134. The summed E-state index contributed by atoms with van der Waals surface area (Å²) in [6.45, 7) is 1.49. The minimum absolute atomic E-state index is 0.0589. The van der Waals surface area contributed by atoms with Crippen LogP contribution in [0.15, 0.2) is 47.4 Å². The van der Waals surface area contributed by atoms with E-state index in [-0.39, 0.29) is 33.8 Å². The van der Waals surface area contributed by atoms with Gasteiger partial charge in [-0.15, -0.1) is 0 Å². The Bertz CT molecular complexity index is 877. The summed E-state index contributed by atoms with van der Waals surface area (Å²) in [5.41, 5.74) is -0.214. The highest BCUT2D eigenvalue weighted by Gasteiger charge is 2.42. The van der Waals surface area contributed by atoms with E-state index in [9.17, 15) is 18.4 Å². The first-order valence-corrected chi connectivity index (χ1v) is 8.92. The van der Waals surface area contributed by atoms with E-state index < -0.39 is 23.2 Å². The normalized spacial score (nSPS) is 19.0. The summed E-state index contributed by atoms with van der Waals surface area (Å²) in [4.78, 5) is 25.0. The van der Waals surface area contributed by atoms with E-state index in [2.05, 4.69) is 5.32 Å². The number of hydrogen-bond donors (Lipinski definition) is 1. The third-order valence-electron chi connectivity index (χ3n) is 3.99. The van der Waals surface area contributed by atoms with E-state index in [0.29, 0.717) is 11.1 Å². The summed E-state index contributed by atoms with van der Waals surface area (Å²) in [5.74, 6) is -3.91. The molecular weight excluding hydrogens is 384 g/mol. The van der Waals surface area contributed by atoms with Crippen LogP contribution in [-0.2, 0) is 16.0 Å². The van der Waals surface area contributed by atoms with Gasteiger partial charge in [-0.05, 0) is 30.7 Å². The fourth-order valence-corrected chi connectivity index (χ4v) is 3.64. The SMILES string of the molecule is CC1(C(=O)Nc2cccc(Cl)c2SC(F)F)Cc2ccccc2C(=O)O1. The van der Waals surface area contributed by atoms with Crippen LogP contribution in [0.4, 0.5) is 14.5 Å². The maximum Gasteiger partial charge on any atom is 0.339 e. The van der Waals surface area contributed by atoms with Gasteiger partial charge in [0.2, 0.25) is 0 Å². The van der Waals surface area contributed by atoms with Crippen LogP contribution in [0.3, 0.4) is 0 Å². The summed E-state index contributed by atoms with van der Waals surface area (Å²) < 4.78 is 30.9. The number of hydrogen-bond acceptors (Lipinski definition) is 4. The van der Waals surface area contributed by atoms with E-state index >= 15 is 0 Å². The van der Waals surface area contributed by atoms with Crippen molar-refractivity contribution in [2.75, 3.05) is 5.32 Å². The molecule has 0 aliphatic carbocycles. The Morgan fingerprint density at radius 3 is 2.73 bits per heavy atom. The number of anilines is 1. The molecule has 1 unspecified atom stereocenters. The predicted molar refractivity (Wildman–Crippen MR) is 95.9 cm³/mol. The molecule has 0 spiro atoms. The number of halogens is 3. The van der Waals surface area contributed by atoms with Crippen LogP contribution in [0.2, 0.25) is 5.02 Å². The van der Waals surface area contributed by atoms with Gasteiger partial charge < -0.3 is 10.1 Å². The summed E-state index contributed by atoms with van der Waals surface area (Å²) in [6.07, 6.45) is 0.179. The van der Waals surface area contributed by atoms with Gasteiger partial charge in [0.05, 0.1) is 21.2 Å². The second-order valence-corrected chi connectivity index (χ2v) is 7.31. The lowest BCUT2D eigenvalue weighted by Gasteiger charge is -2.33. The van der Waals surface area contributed by atoms with Crippen LogP contribution < -0.4 is 5.32 Å². The zero-order valence-corrected chi connectivity index (χ0v) is 15.2. The molecule has 1 aliphatic rings.